The second kappa shape index (κ2) is 7.89. The summed E-state index contributed by atoms with van der Waals surface area (Å²) in [5, 5.41) is 1.60. The molecule has 6 nitrogen and oxygen atoms in total. The van der Waals surface area contributed by atoms with Crippen molar-refractivity contribution < 1.29 is 14.3 Å². The van der Waals surface area contributed by atoms with Crippen LogP contribution in [-0.2, 0) is 14.3 Å². The van der Waals surface area contributed by atoms with E-state index in [9.17, 15) is 4.79 Å². The Kier molecular flexibility index (Phi) is 4.94. The summed E-state index contributed by atoms with van der Waals surface area (Å²) in [5.41, 5.74) is 2.66. The molecule has 150 valence electrons. The van der Waals surface area contributed by atoms with Crippen LogP contribution >= 0.6 is 11.6 Å². The van der Waals surface area contributed by atoms with Gasteiger partial charge < -0.3 is 14.4 Å². The van der Waals surface area contributed by atoms with Crippen molar-refractivity contribution >= 4 is 46.3 Å². The summed E-state index contributed by atoms with van der Waals surface area (Å²) in [5.74, 6) is 0.595. The van der Waals surface area contributed by atoms with E-state index < -0.39 is 5.97 Å². The molecule has 0 amide bonds. The van der Waals surface area contributed by atoms with Crippen LogP contribution in [0.25, 0.3) is 17.0 Å². The fraction of sp³-hybridized carbons (Fsp3) is 0.174. The number of halogens is 1. The number of anilines is 1. The number of pyridine rings is 1. The van der Waals surface area contributed by atoms with Crippen LogP contribution < -0.4 is 4.90 Å². The van der Waals surface area contributed by atoms with Gasteiger partial charge in [0.2, 0.25) is 5.90 Å². The van der Waals surface area contributed by atoms with Gasteiger partial charge in [0.1, 0.15) is 5.82 Å². The van der Waals surface area contributed by atoms with Gasteiger partial charge in [-0.3, -0.25) is 0 Å². The largest absolute Gasteiger partial charge is 0.402 e. The normalized spacial score (nSPS) is 18.0. The number of aromatic nitrogens is 1. The highest BCUT2D eigenvalue weighted by molar-refractivity contribution is 6.30. The van der Waals surface area contributed by atoms with Crippen molar-refractivity contribution in [2.24, 2.45) is 4.99 Å². The van der Waals surface area contributed by atoms with Gasteiger partial charge in [-0.2, -0.15) is 0 Å². The number of cyclic esters (lactones) is 1. The van der Waals surface area contributed by atoms with Crippen molar-refractivity contribution in [3.05, 3.63) is 76.4 Å². The molecular formula is C23H18ClN3O3. The van der Waals surface area contributed by atoms with Crippen molar-refractivity contribution in [1.82, 2.24) is 4.98 Å². The molecule has 2 aliphatic heterocycles. The Morgan fingerprint density at radius 1 is 1.03 bits per heavy atom. The first kappa shape index (κ1) is 18.8. The van der Waals surface area contributed by atoms with Crippen molar-refractivity contribution in [3.63, 3.8) is 0 Å². The zero-order chi connectivity index (χ0) is 20.5. The lowest BCUT2D eigenvalue weighted by Crippen LogP contribution is -2.37. The second-order valence-corrected chi connectivity index (χ2v) is 7.47. The van der Waals surface area contributed by atoms with Gasteiger partial charge in [0.05, 0.1) is 18.7 Å². The first-order valence-corrected chi connectivity index (χ1v) is 10.1. The molecule has 0 unspecified atom stereocenters. The van der Waals surface area contributed by atoms with Gasteiger partial charge in [-0.05, 0) is 42.5 Å². The molecule has 1 saturated heterocycles. The van der Waals surface area contributed by atoms with E-state index in [4.69, 9.17) is 26.1 Å². The van der Waals surface area contributed by atoms with Gasteiger partial charge in [-0.25, -0.2) is 14.8 Å². The number of para-hydroxylation sites is 1. The smallest absolute Gasteiger partial charge is 0.363 e. The number of hydrogen-bond acceptors (Lipinski definition) is 6. The maximum absolute atomic E-state index is 12.5. The minimum Gasteiger partial charge on any atom is -0.402 e. The predicted molar refractivity (Wildman–Crippen MR) is 117 cm³/mol. The zero-order valence-corrected chi connectivity index (χ0v) is 16.8. The average Bonchev–Trinajstić information content (AvgIpc) is 3.14. The third kappa shape index (κ3) is 3.67. The predicted octanol–water partition coefficient (Wildman–Crippen LogP) is 4.07. The quantitative estimate of drug-likeness (QED) is 0.473. The molecule has 3 heterocycles. The van der Waals surface area contributed by atoms with Crippen LogP contribution in [0.5, 0.6) is 0 Å². The fourth-order valence-corrected chi connectivity index (χ4v) is 3.66. The Bertz CT molecular complexity index is 1180. The van der Waals surface area contributed by atoms with Crippen molar-refractivity contribution in [1.29, 1.82) is 0 Å². The molecule has 1 fully saturated rings. The summed E-state index contributed by atoms with van der Waals surface area (Å²) >= 11 is 5.94. The summed E-state index contributed by atoms with van der Waals surface area (Å²) in [6.45, 7) is 2.77. The van der Waals surface area contributed by atoms with Crippen LogP contribution in [0.1, 0.15) is 11.1 Å². The number of carbonyl (C=O) groups excluding carboxylic acids is 1. The van der Waals surface area contributed by atoms with Crippen molar-refractivity contribution in [3.8, 4) is 0 Å². The number of fused-ring (bicyclic) bond motifs is 1. The van der Waals surface area contributed by atoms with Crippen molar-refractivity contribution in [2.45, 2.75) is 0 Å². The monoisotopic (exact) mass is 419 g/mol. The van der Waals surface area contributed by atoms with Gasteiger partial charge in [0.25, 0.3) is 0 Å². The number of carbonyl (C=O) groups is 1. The zero-order valence-electron chi connectivity index (χ0n) is 16.0. The Balaban J connectivity index is 1.58. The Hall–Kier alpha value is -3.22. The maximum Gasteiger partial charge on any atom is 0.363 e. The van der Waals surface area contributed by atoms with Gasteiger partial charge in [0, 0.05) is 34.6 Å². The van der Waals surface area contributed by atoms with Crippen LogP contribution in [0.3, 0.4) is 0 Å². The fourth-order valence-electron chi connectivity index (χ4n) is 3.53. The first-order chi connectivity index (χ1) is 14.7. The van der Waals surface area contributed by atoms with E-state index in [1.165, 1.54) is 0 Å². The third-order valence-corrected chi connectivity index (χ3v) is 5.30. The van der Waals surface area contributed by atoms with Crippen LogP contribution in [-0.4, -0.2) is 43.2 Å². The molecule has 0 atom stereocenters. The van der Waals surface area contributed by atoms with Crippen LogP contribution in [0, 0.1) is 0 Å². The summed E-state index contributed by atoms with van der Waals surface area (Å²) in [6, 6.07) is 17.0. The first-order valence-electron chi connectivity index (χ1n) is 9.68. The molecule has 0 spiro atoms. The average molecular weight is 420 g/mol. The molecule has 0 saturated carbocycles. The minimum absolute atomic E-state index is 0.242. The van der Waals surface area contributed by atoms with E-state index in [0.29, 0.717) is 23.8 Å². The van der Waals surface area contributed by atoms with Crippen LogP contribution in [0.2, 0.25) is 5.02 Å². The standard InChI is InChI=1S/C23H18ClN3O3/c24-18-7-5-15(6-8-18)22-26-20(23(28)30-22)14-17-13-16-3-1-2-4-19(16)25-21(17)27-9-11-29-12-10-27/h1-8,13-14H,9-12H2/b20-14+. The van der Waals surface area contributed by atoms with Crippen LogP contribution in [0.4, 0.5) is 5.82 Å². The van der Waals surface area contributed by atoms with E-state index in [-0.39, 0.29) is 11.6 Å². The molecule has 0 radical (unpaired) electrons. The van der Waals surface area contributed by atoms with Gasteiger partial charge in [-0.1, -0.05) is 29.8 Å². The highest BCUT2D eigenvalue weighted by Crippen LogP contribution is 2.28. The van der Waals surface area contributed by atoms with E-state index in [1.807, 2.05) is 30.3 Å². The molecule has 0 bridgehead atoms. The molecule has 30 heavy (non-hydrogen) atoms. The van der Waals surface area contributed by atoms with E-state index in [2.05, 4.69) is 9.89 Å². The Morgan fingerprint density at radius 3 is 2.60 bits per heavy atom. The summed E-state index contributed by atoms with van der Waals surface area (Å²) in [4.78, 5) is 24.0. The van der Waals surface area contributed by atoms with Gasteiger partial charge in [-0.15, -0.1) is 0 Å². The molecule has 2 aromatic carbocycles. The molecular weight excluding hydrogens is 402 g/mol. The highest BCUT2D eigenvalue weighted by Gasteiger charge is 2.25. The van der Waals surface area contributed by atoms with Gasteiger partial charge >= 0.3 is 5.97 Å². The topological polar surface area (TPSA) is 64.0 Å². The second-order valence-electron chi connectivity index (χ2n) is 7.04. The van der Waals surface area contributed by atoms with E-state index >= 15 is 0 Å². The van der Waals surface area contributed by atoms with Crippen molar-refractivity contribution in [2.75, 3.05) is 31.2 Å². The number of aliphatic imine (C=N–C) groups is 1. The molecule has 0 N–H and O–H groups in total. The minimum atomic E-state index is -0.485. The van der Waals surface area contributed by atoms with Crippen LogP contribution in [0.15, 0.2) is 65.3 Å². The molecule has 0 aliphatic carbocycles. The number of morpholine rings is 1. The van der Waals surface area contributed by atoms with E-state index in [1.54, 1.807) is 30.3 Å². The van der Waals surface area contributed by atoms with E-state index in [0.717, 1.165) is 35.4 Å². The van der Waals surface area contributed by atoms with Gasteiger partial charge in [0.15, 0.2) is 5.70 Å². The number of benzene rings is 2. The SMILES string of the molecule is O=C1OC(c2ccc(Cl)cc2)=N/C1=C/c1cc2ccccc2nc1N1CCOCC1. The Labute approximate surface area is 178 Å². The number of esters is 1. The maximum atomic E-state index is 12.5. The summed E-state index contributed by atoms with van der Waals surface area (Å²) in [6.07, 6.45) is 1.75. The highest BCUT2D eigenvalue weighted by atomic mass is 35.5. The Morgan fingerprint density at radius 2 is 1.80 bits per heavy atom. The molecule has 1 aromatic heterocycles. The summed E-state index contributed by atoms with van der Waals surface area (Å²) < 4.78 is 10.9. The molecule has 5 rings (SSSR count). The lowest BCUT2D eigenvalue weighted by Gasteiger charge is -2.29. The number of hydrogen-bond donors (Lipinski definition) is 0. The molecule has 3 aromatic rings. The lowest BCUT2D eigenvalue weighted by molar-refractivity contribution is -0.129. The molecule has 2 aliphatic rings. The number of ether oxygens (including phenoxy) is 2. The molecule has 7 heteroatoms. The lowest BCUT2D eigenvalue weighted by atomic mass is 10.1. The number of rotatable bonds is 3. The summed E-state index contributed by atoms with van der Waals surface area (Å²) in [7, 11) is 0. The third-order valence-electron chi connectivity index (χ3n) is 5.05. The number of nitrogens with zero attached hydrogens (tertiary/aromatic N) is 3.